The predicted octanol–water partition coefficient (Wildman–Crippen LogP) is 2.67. The second kappa shape index (κ2) is 7.22. The van der Waals surface area contributed by atoms with Crippen LogP contribution in [-0.4, -0.2) is 47.4 Å². The predicted molar refractivity (Wildman–Crippen MR) is 91.4 cm³/mol. The molecule has 4 nitrogen and oxygen atoms in total. The SMILES string of the molecule is CCCC(C)(N)C(=O)N1CCN(Cc2ccc(Br)s2)CC1. The van der Waals surface area contributed by atoms with Gasteiger partial charge in [0.25, 0.3) is 0 Å². The van der Waals surface area contributed by atoms with Gasteiger partial charge in [-0.25, -0.2) is 0 Å². The summed E-state index contributed by atoms with van der Waals surface area (Å²) in [7, 11) is 0. The van der Waals surface area contributed by atoms with Gasteiger partial charge in [0.05, 0.1) is 9.33 Å². The largest absolute Gasteiger partial charge is 0.339 e. The van der Waals surface area contributed by atoms with Crippen LogP contribution < -0.4 is 5.73 Å². The van der Waals surface area contributed by atoms with E-state index in [9.17, 15) is 4.79 Å². The number of amides is 1. The molecular weight excluding hydrogens is 350 g/mol. The van der Waals surface area contributed by atoms with Crippen LogP contribution in [0.2, 0.25) is 0 Å². The summed E-state index contributed by atoms with van der Waals surface area (Å²) in [4.78, 5) is 18.1. The molecule has 1 aliphatic heterocycles. The lowest BCUT2D eigenvalue weighted by atomic mass is 9.95. The molecule has 1 aromatic rings. The highest BCUT2D eigenvalue weighted by Crippen LogP contribution is 2.24. The van der Waals surface area contributed by atoms with E-state index < -0.39 is 5.54 Å². The van der Waals surface area contributed by atoms with Gasteiger partial charge in [0.1, 0.15) is 0 Å². The van der Waals surface area contributed by atoms with E-state index in [1.165, 1.54) is 8.66 Å². The number of carbonyl (C=O) groups excluding carboxylic acids is 1. The van der Waals surface area contributed by atoms with Crippen molar-refractivity contribution in [2.45, 2.75) is 38.8 Å². The second-order valence-electron chi connectivity index (χ2n) is 5.94. The molecule has 6 heteroatoms. The lowest BCUT2D eigenvalue weighted by Gasteiger charge is -2.38. The molecule has 118 valence electrons. The van der Waals surface area contributed by atoms with E-state index in [0.717, 1.165) is 45.6 Å². The zero-order chi connectivity index (χ0) is 15.5. The minimum atomic E-state index is -0.713. The lowest BCUT2D eigenvalue weighted by molar-refractivity contribution is -0.138. The monoisotopic (exact) mass is 373 g/mol. The fraction of sp³-hybridized carbons (Fsp3) is 0.667. The summed E-state index contributed by atoms with van der Waals surface area (Å²) in [5, 5.41) is 0. The molecule has 1 atom stereocenters. The summed E-state index contributed by atoms with van der Waals surface area (Å²) < 4.78 is 1.17. The summed E-state index contributed by atoms with van der Waals surface area (Å²) in [6.45, 7) is 8.29. The van der Waals surface area contributed by atoms with Crippen LogP contribution in [0.3, 0.4) is 0 Å². The number of hydrogen-bond acceptors (Lipinski definition) is 4. The normalized spacial score (nSPS) is 19.5. The number of thiophene rings is 1. The molecule has 1 amide bonds. The van der Waals surface area contributed by atoms with Crippen molar-refractivity contribution < 1.29 is 4.79 Å². The fourth-order valence-electron chi connectivity index (χ4n) is 2.75. The maximum absolute atomic E-state index is 12.5. The fourth-order valence-corrected chi connectivity index (χ4v) is 4.28. The van der Waals surface area contributed by atoms with Crippen molar-refractivity contribution in [3.8, 4) is 0 Å². The molecule has 1 saturated heterocycles. The van der Waals surface area contributed by atoms with E-state index in [0.29, 0.717) is 0 Å². The molecular formula is C15H24BrN3OS. The van der Waals surface area contributed by atoms with Crippen LogP contribution >= 0.6 is 27.3 Å². The van der Waals surface area contributed by atoms with Crippen LogP contribution in [-0.2, 0) is 11.3 Å². The first-order valence-electron chi connectivity index (χ1n) is 7.47. The van der Waals surface area contributed by atoms with Gasteiger partial charge in [0, 0.05) is 37.6 Å². The van der Waals surface area contributed by atoms with Crippen molar-refractivity contribution >= 4 is 33.2 Å². The van der Waals surface area contributed by atoms with Crippen molar-refractivity contribution in [2.24, 2.45) is 5.73 Å². The van der Waals surface area contributed by atoms with Crippen LogP contribution in [0, 0.1) is 0 Å². The Morgan fingerprint density at radius 2 is 2.05 bits per heavy atom. The summed E-state index contributed by atoms with van der Waals surface area (Å²) in [5.74, 6) is 0.0999. The Morgan fingerprint density at radius 1 is 1.38 bits per heavy atom. The number of piperazine rings is 1. The second-order valence-corrected chi connectivity index (χ2v) is 8.49. The number of hydrogen-bond donors (Lipinski definition) is 1. The zero-order valence-corrected chi connectivity index (χ0v) is 15.2. The average molecular weight is 374 g/mol. The molecule has 0 saturated carbocycles. The van der Waals surface area contributed by atoms with E-state index in [1.807, 2.05) is 11.8 Å². The van der Waals surface area contributed by atoms with Gasteiger partial charge in [-0.05, 0) is 41.4 Å². The molecule has 0 spiro atoms. The molecule has 0 bridgehead atoms. The highest BCUT2D eigenvalue weighted by atomic mass is 79.9. The van der Waals surface area contributed by atoms with Gasteiger partial charge in [-0.1, -0.05) is 13.3 Å². The van der Waals surface area contributed by atoms with E-state index in [1.54, 1.807) is 11.3 Å². The quantitative estimate of drug-likeness (QED) is 0.862. The van der Waals surface area contributed by atoms with E-state index in [-0.39, 0.29) is 5.91 Å². The van der Waals surface area contributed by atoms with Gasteiger partial charge in [0.15, 0.2) is 0 Å². The average Bonchev–Trinajstić information content (AvgIpc) is 2.84. The minimum absolute atomic E-state index is 0.0999. The van der Waals surface area contributed by atoms with Gasteiger partial charge in [-0.3, -0.25) is 9.69 Å². The number of halogens is 1. The first-order chi connectivity index (χ1) is 9.92. The summed E-state index contributed by atoms with van der Waals surface area (Å²) in [6, 6.07) is 4.24. The van der Waals surface area contributed by atoms with E-state index in [2.05, 4.69) is 39.9 Å². The standard InChI is InChI=1S/C15H24BrN3OS/c1-3-6-15(2,17)14(20)19-9-7-18(8-10-19)11-12-4-5-13(16)21-12/h4-5H,3,6-11,17H2,1-2H3. The molecule has 2 rings (SSSR count). The Balaban J connectivity index is 1.84. The molecule has 2 N–H and O–H groups in total. The molecule has 0 aromatic carbocycles. The molecule has 0 radical (unpaired) electrons. The Hall–Kier alpha value is -0.430. The number of carbonyl (C=O) groups is 1. The Kier molecular flexibility index (Phi) is 5.82. The summed E-state index contributed by atoms with van der Waals surface area (Å²) >= 11 is 5.27. The van der Waals surface area contributed by atoms with Crippen LogP contribution in [0.5, 0.6) is 0 Å². The van der Waals surface area contributed by atoms with Crippen LogP contribution in [0.15, 0.2) is 15.9 Å². The highest BCUT2D eigenvalue weighted by molar-refractivity contribution is 9.11. The Morgan fingerprint density at radius 3 is 2.57 bits per heavy atom. The van der Waals surface area contributed by atoms with Crippen molar-refractivity contribution in [1.82, 2.24) is 9.80 Å². The molecule has 2 heterocycles. The van der Waals surface area contributed by atoms with Crippen LogP contribution in [0.1, 0.15) is 31.6 Å². The van der Waals surface area contributed by atoms with Crippen molar-refractivity contribution in [1.29, 1.82) is 0 Å². The third-order valence-electron chi connectivity index (χ3n) is 3.93. The number of nitrogens with two attached hydrogens (primary N) is 1. The van der Waals surface area contributed by atoms with Gasteiger partial charge in [0.2, 0.25) is 5.91 Å². The summed E-state index contributed by atoms with van der Waals surface area (Å²) in [6.07, 6.45) is 1.68. The molecule has 0 aliphatic carbocycles. The van der Waals surface area contributed by atoms with Crippen molar-refractivity contribution in [2.75, 3.05) is 26.2 Å². The van der Waals surface area contributed by atoms with Crippen molar-refractivity contribution in [3.05, 3.63) is 20.8 Å². The lowest BCUT2D eigenvalue weighted by Crippen LogP contribution is -2.58. The van der Waals surface area contributed by atoms with Gasteiger partial charge in [-0.15, -0.1) is 11.3 Å². The first kappa shape index (κ1) is 16.9. The third kappa shape index (κ3) is 4.52. The van der Waals surface area contributed by atoms with Crippen molar-refractivity contribution in [3.63, 3.8) is 0 Å². The smallest absolute Gasteiger partial charge is 0.242 e. The van der Waals surface area contributed by atoms with Gasteiger partial charge in [-0.2, -0.15) is 0 Å². The Labute approximate surface area is 139 Å². The molecule has 1 aromatic heterocycles. The number of rotatable bonds is 5. The highest BCUT2D eigenvalue weighted by Gasteiger charge is 2.33. The zero-order valence-electron chi connectivity index (χ0n) is 12.8. The van der Waals surface area contributed by atoms with E-state index in [4.69, 9.17) is 5.73 Å². The number of nitrogens with zero attached hydrogens (tertiary/aromatic N) is 2. The van der Waals surface area contributed by atoms with Crippen LogP contribution in [0.4, 0.5) is 0 Å². The minimum Gasteiger partial charge on any atom is -0.339 e. The van der Waals surface area contributed by atoms with E-state index >= 15 is 0 Å². The summed E-state index contributed by atoms with van der Waals surface area (Å²) in [5.41, 5.74) is 5.44. The molecule has 1 aliphatic rings. The maximum atomic E-state index is 12.5. The van der Waals surface area contributed by atoms with Gasteiger partial charge >= 0.3 is 0 Å². The topological polar surface area (TPSA) is 49.6 Å². The Bertz CT molecular complexity index is 481. The maximum Gasteiger partial charge on any atom is 0.242 e. The third-order valence-corrected chi connectivity index (χ3v) is 5.53. The van der Waals surface area contributed by atoms with Gasteiger partial charge < -0.3 is 10.6 Å². The first-order valence-corrected chi connectivity index (χ1v) is 9.08. The molecule has 1 unspecified atom stereocenters. The molecule has 1 fully saturated rings. The van der Waals surface area contributed by atoms with Crippen LogP contribution in [0.25, 0.3) is 0 Å². The molecule has 21 heavy (non-hydrogen) atoms.